The number of hydrazine groups is 1. The van der Waals surface area contributed by atoms with Crippen molar-refractivity contribution in [1.82, 2.24) is 5.43 Å². The second kappa shape index (κ2) is 6.46. The first kappa shape index (κ1) is 15.4. The van der Waals surface area contributed by atoms with Crippen molar-refractivity contribution in [1.29, 1.82) is 0 Å². The highest BCUT2D eigenvalue weighted by atomic mass is 79.9. The number of hydrogen-bond acceptors (Lipinski definition) is 3. The minimum absolute atomic E-state index is 0.133. The van der Waals surface area contributed by atoms with Crippen LogP contribution in [-0.2, 0) is 4.74 Å². The molecule has 0 heterocycles. The van der Waals surface area contributed by atoms with E-state index < -0.39 is 24.6 Å². The second-order valence-electron chi connectivity index (χ2n) is 3.49. The summed E-state index contributed by atoms with van der Waals surface area (Å²) in [6.07, 6.45) is -4.42. The van der Waals surface area contributed by atoms with Gasteiger partial charge in [0, 0.05) is 5.56 Å². The van der Waals surface area contributed by atoms with E-state index in [4.69, 9.17) is 5.84 Å². The Kier molecular flexibility index (Phi) is 5.51. The molecule has 1 aromatic rings. The summed E-state index contributed by atoms with van der Waals surface area (Å²) in [5.41, 5.74) is 2.35. The van der Waals surface area contributed by atoms with Crippen molar-refractivity contribution in [3.8, 4) is 0 Å². The van der Waals surface area contributed by atoms with Crippen molar-refractivity contribution in [2.75, 3.05) is 13.2 Å². The third-order valence-electron chi connectivity index (χ3n) is 2.11. The minimum atomic E-state index is -4.42. The topological polar surface area (TPSA) is 47.3 Å². The van der Waals surface area contributed by atoms with Crippen LogP contribution in [0.15, 0.2) is 22.7 Å². The molecule has 0 amide bonds. The average molecular weight is 331 g/mol. The quantitative estimate of drug-likeness (QED) is 0.495. The molecule has 3 nitrogen and oxygen atoms in total. The standard InChI is InChI=1S/C10H11BrF4N2O/c11-7-3-1-2-6(9(7)12)8(17-16)4-18-5-10(13,14)15/h1-3,8,17H,4-5,16H2. The number of nitrogens with one attached hydrogen (secondary N) is 1. The van der Waals surface area contributed by atoms with Crippen molar-refractivity contribution >= 4 is 15.9 Å². The van der Waals surface area contributed by atoms with E-state index in [0.717, 1.165) is 0 Å². The van der Waals surface area contributed by atoms with Gasteiger partial charge in [-0.15, -0.1) is 0 Å². The van der Waals surface area contributed by atoms with Crippen LogP contribution >= 0.6 is 15.9 Å². The number of halogens is 5. The maximum Gasteiger partial charge on any atom is 0.411 e. The van der Waals surface area contributed by atoms with Gasteiger partial charge in [-0.3, -0.25) is 11.3 Å². The summed E-state index contributed by atoms with van der Waals surface area (Å²) in [7, 11) is 0. The molecule has 1 rings (SSSR count). The zero-order valence-electron chi connectivity index (χ0n) is 9.10. The van der Waals surface area contributed by atoms with Gasteiger partial charge in [-0.1, -0.05) is 12.1 Å². The molecule has 0 aliphatic heterocycles. The van der Waals surface area contributed by atoms with E-state index in [9.17, 15) is 17.6 Å². The maximum atomic E-state index is 13.7. The van der Waals surface area contributed by atoms with Crippen LogP contribution in [0.25, 0.3) is 0 Å². The molecule has 1 atom stereocenters. The van der Waals surface area contributed by atoms with E-state index in [1.165, 1.54) is 12.1 Å². The first-order valence-electron chi connectivity index (χ1n) is 4.89. The van der Waals surface area contributed by atoms with Gasteiger partial charge in [0.05, 0.1) is 17.1 Å². The summed E-state index contributed by atoms with van der Waals surface area (Å²) in [6.45, 7) is -1.79. The Labute approximate surface area is 109 Å². The first-order chi connectivity index (χ1) is 8.35. The van der Waals surface area contributed by atoms with Crippen molar-refractivity contribution in [3.05, 3.63) is 34.1 Å². The Balaban J connectivity index is 2.69. The maximum absolute atomic E-state index is 13.7. The molecule has 102 valence electrons. The Morgan fingerprint density at radius 3 is 2.61 bits per heavy atom. The summed E-state index contributed by atoms with van der Waals surface area (Å²) < 4.78 is 54.0. The molecule has 0 spiro atoms. The van der Waals surface area contributed by atoms with E-state index in [-0.39, 0.29) is 16.6 Å². The third kappa shape index (κ3) is 4.52. The lowest BCUT2D eigenvalue weighted by Gasteiger charge is -2.18. The predicted molar refractivity (Wildman–Crippen MR) is 61.0 cm³/mol. The van der Waals surface area contributed by atoms with Gasteiger partial charge >= 0.3 is 6.18 Å². The predicted octanol–water partition coefficient (Wildman–Crippen LogP) is 2.67. The van der Waals surface area contributed by atoms with Crippen molar-refractivity contribution in [3.63, 3.8) is 0 Å². The van der Waals surface area contributed by atoms with E-state index in [0.29, 0.717) is 0 Å². The van der Waals surface area contributed by atoms with Gasteiger partial charge < -0.3 is 4.74 Å². The summed E-state index contributed by atoms with van der Waals surface area (Å²) in [4.78, 5) is 0. The molecule has 0 aromatic heterocycles. The van der Waals surface area contributed by atoms with Crippen LogP contribution in [0.1, 0.15) is 11.6 Å². The van der Waals surface area contributed by atoms with Crippen LogP contribution < -0.4 is 11.3 Å². The molecule has 18 heavy (non-hydrogen) atoms. The SMILES string of the molecule is NNC(COCC(F)(F)F)c1cccc(Br)c1F. The van der Waals surface area contributed by atoms with Crippen molar-refractivity contribution < 1.29 is 22.3 Å². The summed E-state index contributed by atoms with van der Waals surface area (Å²) in [6, 6.07) is 3.59. The Hall–Kier alpha value is -0.700. The molecule has 8 heteroatoms. The molecule has 0 saturated carbocycles. The van der Waals surface area contributed by atoms with E-state index in [2.05, 4.69) is 26.1 Å². The Bertz CT molecular complexity index is 400. The van der Waals surface area contributed by atoms with Gasteiger partial charge in [-0.25, -0.2) is 4.39 Å². The van der Waals surface area contributed by atoms with Crippen molar-refractivity contribution in [2.45, 2.75) is 12.2 Å². The summed E-state index contributed by atoms with van der Waals surface area (Å²) in [5.74, 6) is 4.59. The molecule has 1 aromatic carbocycles. The fraction of sp³-hybridized carbons (Fsp3) is 0.400. The zero-order valence-corrected chi connectivity index (χ0v) is 10.7. The molecule has 1 unspecified atom stereocenters. The van der Waals surface area contributed by atoms with Gasteiger partial charge in [0.15, 0.2) is 0 Å². The number of benzene rings is 1. The largest absolute Gasteiger partial charge is 0.411 e. The molecule has 3 N–H and O–H groups in total. The zero-order chi connectivity index (χ0) is 13.8. The Morgan fingerprint density at radius 1 is 1.39 bits per heavy atom. The number of ether oxygens (including phenoxy) is 1. The highest BCUT2D eigenvalue weighted by Gasteiger charge is 2.28. The van der Waals surface area contributed by atoms with Crippen LogP contribution in [0.4, 0.5) is 17.6 Å². The fourth-order valence-corrected chi connectivity index (χ4v) is 1.69. The van der Waals surface area contributed by atoms with Gasteiger partial charge in [0.25, 0.3) is 0 Å². The lowest BCUT2D eigenvalue weighted by molar-refractivity contribution is -0.175. The van der Waals surface area contributed by atoms with Crippen LogP contribution in [0, 0.1) is 5.82 Å². The average Bonchev–Trinajstić information content (AvgIpc) is 2.27. The van der Waals surface area contributed by atoms with E-state index in [1.807, 2.05) is 0 Å². The van der Waals surface area contributed by atoms with Crippen LogP contribution in [-0.4, -0.2) is 19.4 Å². The normalized spacial score (nSPS) is 13.7. The molecule has 0 saturated heterocycles. The number of hydrogen-bond donors (Lipinski definition) is 2. The van der Waals surface area contributed by atoms with E-state index >= 15 is 0 Å². The first-order valence-corrected chi connectivity index (χ1v) is 5.69. The lowest BCUT2D eigenvalue weighted by atomic mass is 10.1. The highest BCUT2D eigenvalue weighted by Crippen LogP contribution is 2.24. The minimum Gasteiger partial charge on any atom is -0.370 e. The Morgan fingerprint density at radius 2 is 2.06 bits per heavy atom. The van der Waals surface area contributed by atoms with Gasteiger partial charge in [-0.2, -0.15) is 13.2 Å². The number of nitrogens with two attached hydrogens (primary N) is 1. The van der Waals surface area contributed by atoms with Crippen LogP contribution in [0.2, 0.25) is 0 Å². The molecule has 0 aliphatic carbocycles. The molecule has 0 radical (unpaired) electrons. The highest BCUT2D eigenvalue weighted by molar-refractivity contribution is 9.10. The molecule has 0 bridgehead atoms. The second-order valence-corrected chi connectivity index (χ2v) is 4.35. The summed E-state index contributed by atoms with van der Waals surface area (Å²) in [5, 5.41) is 0. The third-order valence-corrected chi connectivity index (χ3v) is 2.72. The van der Waals surface area contributed by atoms with E-state index in [1.54, 1.807) is 6.07 Å². The van der Waals surface area contributed by atoms with Crippen LogP contribution in [0.3, 0.4) is 0 Å². The smallest absolute Gasteiger partial charge is 0.370 e. The van der Waals surface area contributed by atoms with Crippen LogP contribution in [0.5, 0.6) is 0 Å². The van der Waals surface area contributed by atoms with Gasteiger partial charge in [0.2, 0.25) is 0 Å². The number of rotatable bonds is 5. The number of alkyl halides is 3. The van der Waals surface area contributed by atoms with Crippen molar-refractivity contribution in [2.24, 2.45) is 5.84 Å². The summed E-state index contributed by atoms with van der Waals surface area (Å²) >= 11 is 2.98. The van der Waals surface area contributed by atoms with Gasteiger partial charge in [0.1, 0.15) is 12.4 Å². The fourth-order valence-electron chi connectivity index (χ4n) is 1.31. The monoisotopic (exact) mass is 330 g/mol. The molecular formula is C10H11BrF4N2O. The molecule has 0 aliphatic rings. The molecule has 0 fully saturated rings. The molecular weight excluding hydrogens is 320 g/mol. The van der Waals surface area contributed by atoms with Gasteiger partial charge in [-0.05, 0) is 22.0 Å². The lowest BCUT2D eigenvalue weighted by Crippen LogP contribution is -2.33.